The minimum Gasteiger partial charge on any atom is -0.299 e. The summed E-state index contributed by atoms with van der Waals surface area (Å²) >= 11 is 12.5. The maximum absolute atomic E-state index is 10.4. The lowest BCUT2D eigenvalue weighted by Crippen LogP contribution is -2.08. The summed E-state index contributed by atoms with van der Waals surface area (Å²) in [5.74, 6) is 0.632. The van der Waals surface area contributed by atoms with Crippen LogP contribution in [0.1, 0.15) is 5.56 Å². The van der Waals surface area contributed by atoms with Gasteiger partial charge in [-0.05, 0) is 5.56 Å². The molecule has 0 bridgehead atoms. The smallest absolute Gasteiger partial charge is 0.218 e. The Kier molecular flexibility index (Phi) is 4.10. The van der Waals surface area contributed by atoms with Gasteiger partial charge in [-0.3, -0.25) is 4.79 Å². The van der Waals surface area contributed by atoms with Crippen LogP contribution in [-0.4, -0.2) is 9.95 Å². The van der Waals surface area contributed by atoms with Crippen LogP contribution in [0.15, 0.2) is 30.3 Å². The molecule has 0 radical (unpaired) electrons. The van der Waals surface area contributed by atoms with Crippen LogP contribution >= 0.6 is 35.0 Å². The Morgan fingerprint density at radius 2 is 1.92 bits per heavy atom. The maximum atomic E-state index is 10.4. The predicted octanol–water partition coefficient (Wildman–Crippen LogP) is 3.25. The van der Waals surface area contributed by atoms with E-state index in [1.165, 1.54) is 11.8 Å². The van der Waals surface area contributed by atoms with Crippen LogP contribution in [0.5, 0.6) is 0 Å². The van der Waals surface area contributed by atoms with Crippen molar-refractivity contribution in [3.8, 4) is 0 Å². The summed E-state index contributed by atoms with van der Waals surface area (Å²) in [7, 11) is 0. The zero-order chi connectivity index (χ0) is 9.73. The zero-order valence-corrected chi connectivity index (χ0v) is 9.07. The summed E-state index contributed by atoms with van der Waals surface area (Å²) in [6.07, 6.45) is 0.531. The fraction of sp³-hybridized carbons (Fsp3) is 0.222. The number of hydrogen-bond acceptors (Lipinski definition) is 2. The quantitative estimate of drug-likeness (QED) is 0.588. The third-order valence-electron chi connectivity index (χ3n) is 1.41. The van der Waals surface area contributed by atoms with Crippen molar-refractivity contribution in [2.45, 2.75) is 9.42 Å². The molecular formula is C9H8Cl2OS. The van der Waals surface area contributed by atoms with Gasteiger partial charge in [-0.2, -0.15) is 0 Å². The van der Waals surface area contributed by atoms with Crippen molar-refractivity contribution >= 4 is 41.2 Å². The van der Waals surface area contributed by atoms with Crippen LogP contribution in [0, 0.1) is 0 Å². The van der Waals surface area contributed by atoms with E-state index >= 15 is 0 Å². The van der Waals surface area contributed by atoms with Gasteiger partial charge in [0.25, 0.3) is 0 Å². The molecular weight excluding hydrogens is 227 g/mol. The standard InChI is InChI=1S/C9H8Cl2OS/c10-9(11,7-12)13-6-8-4-2-1-3-5-8/h1-5,7H,6H2. The highest BCUT2D eigenvalue weighted by molar-refractivity contribution is 8.03. The fourth-order valence-electron chi connectivity index (χ4n) is 0.788. The van der Waals surface area contributed by atoms with Crippen molar-refractivity contribution in [3.05, 3.63) is 35.9 Å². The summed E-state index contributed by atoms with van der Waals surface area (Å²) in [5, 5.41) is 0. The van der Waals surface area contributed by atoms with E-state index in [0.717, 1.165) is 5.56 Å². The summed E-state index contributed by atoms with van der Waals surface area (Å²) in [6, 6.07) is 9.72. The van der Waals surface area contributed by atoms with Crippen molar-refractivity contribution < 1.29 is 4.79 Å². The van der Waals surface area contributed by atoms with Gasteiger partial charge in [0, 0.05) is 5.75 Å². The Morgan fingerprint density at radius 3 is 2.46 bits per heavy atom. The Bertz CT molecular complexity index is 274. The van der Waals surface area contributed by atoms with E-state index < -0.39 is 3.67 Å². The van der Waals surface area contributed by atoms with Crippen molar-refractivity contribution in [2.24, 2.45) is 0 Å². The van der Waals surface area contributed by atoms with Crippen LogP contribution < -0.4 is 0 Å². The molecule has 0 aliphatic carbocycles. The highest BCUT2D eigenvalue weighted by Crippen LogP contribution is 2.34. The van der Waals surface area contributed by atoms with Gasteiger partial charge in [0.2, 0.25) is 3.67 Å². The largest absolute Gasteiger partial charge is 0.299 e. The number of halogens is 2. The fourth-order valence-corrected chi connectivity index (χ4v) is 1.73. The molecule has 4 heteroatoms. The van der Waals surface area contributed by atoms with Gasteiger partial charge in [0.05, 0.1) is 0 Å². The van der Waals surface area contributed by atoms with Crippen LogP contribution in [0.4, 0.5) is 0 Å². The topological polar surface area (TPSA) is 17.1 Å². The number of aldehydes is 1. The van der Waals surface area contributed by atoms with Gasteiger partial charge in [-0.1, -0.05) is 53.5 Å². The first-order chi connectivity index (χ1) is 6.14. The monoisotopic (exact) mass is 234 g/mol. The number of alkyl halides is 2. The molecule has 0 amide bonds. The van der Waals surface area contributed by atoms with Gasteiger partial charge in [-0.15, -0.1) is 11.8 Å². The molecule has 0 saturated heterocycles. The lowest BCUT2D eigenvalue weighted by atomic mass is 10.2. The minimum absolute atomic E-state index is 0.531. The zero-order valence-electron chi connectivity index (χ0n) is 6.74. The molecule has 0 fully saturated rings. The molecule has 1 aromatic carbocycles. The molecule has 0 heterocycles. The normalized spacial score (nSPS) is 11.2. The van der Waals surface area contributed by atoms with E-state index in [-0.39, 0.29) is 0 Å². The molecule has 70 valence electrons. The molecule has 0 aromatic heterocycles. The van der Waals surface area contributed by atoms with Crippen molar-refractivity contribution in [1.29, 1.82) is 0 Å². The first kappa shape index (κ1) is 10.9. The summed E-state index contributed by atoms with van der Waals surface area (Å²) < 4.78 is -1.32. The van der Waals surface area contributed by atoms with E-state index in [9.17, 15) is 4.79 Å². The average molecular weight is 235 g/mol. The SMILES string of the molecule is O=CC(Cl)(Cl)SCc1ccccc1. The molecule has 0 N–H and O–H groups in total. The molecule has 0 saturated carbocycles. The third-order valence-corrected chi connectivity index (χ3v) is 3.20. The molecule has 0 unspecified atom stereocenters. The average Bonchev–Trinajstić information content (AvgIpc) is 2.17. The van der Waals surface area contributed by atoms with Crippen LogP contribution in [-0.2, 0) is 10.5 Å². The second-order valence-corrected chi connectivity index (χ2v) is 5.51. The second-order valence-electron chi connectivity index (χ2n) is 2.45. The van der Waals surface area contributed by atoms with Crippen LogP contribution in [0.2, 0.25) is 0 Å². The summed E-state index contributed by atoms with van der Waals surface area (Å²) in [4.78, 5) is 10.4. The summed E-state index contributed by atoms with van der Waals surface area (Å²) in [5.41, 5.74) is 1.10. The van der Waals surface area contributed by atoms with Crippen molar-refractivity contribution in [2.75, 3.05) is 0 Å². The Morgan fingerprint density at radius 1 is 1.31 bits per heavy atom. The van der Waals surface area contributed by atoms with Gasteiger partial charge < -0.3 is 0 Å². The number of benzene rings is 1. The Labute approximate surface area is 91.4 Å². The molecule has 0 aliphatic rings. The second kappa shape index (κ2) is 4.89. The number of carbonyl (C=O) groups excluding carboxylic acids is 1. The van der Waals surface area contributed by atoms with Gasteiger partial charge in [0.1, 0.15) is 0 Å². The first-order valence-corrected chi connectivity index (χ1v) is 5.40. The Balaban J connectivity index is 2.48. The van der Waals surface area contributed by atoms with E-state index in [4.69, 9.17) is 23.2 Å². The van der Waals surface area contributed by atoms with E-state index in [1.54, 1.807) is 0 Å². The molecule has 1 nitrogen and oxygen atoms in total. The first-order valence-electron chi connectivity index (χ1n) is 3.66. The van der Waals surface area contributed by atoms with E-state index in [1.807, 2.05) is 30.3 Å². The molecule has 1 rings (SSSR count). The Hall–Kier alpha value is -0.180. The van der Waals surface area contributed by atoms with E-state index in [2.05, 4.69) is 0 Å². The van der Waals surface area contributed by atoms with Gasteiger partial charge in [-0.25, -0.2) is 0 Å². The molecule has 0 aliphatic heterocycles. The van der Waals surface area contributed by atoms with Gasteiger partial charge in [0.15, 0.2) is 6.29 Å². The molecule has 13 heavy (non-hydrogen) atoms. The van der Waals surface area contributed by atoms with Crippen LogP contribution in [0.3, 0.4) is 0 Å². The lowest BCUT2D eigenvalue weighted by Gasteiger charge is -2.10. The molecule has 1 aromatic rings. The maximum Gasteiger partial charge on any atom is 0.218 e. The molecule has 0 spiro atoms. The summed E-state index contributed by atoms with van der Waals surface area (Å²) in [6.45, 7) is 0. The minimum atomic E-state index is -1.32. The van der Waals surface area contributed by atoms with Gasteiger partial charge >= 0.3 is 0 Å². The van der Waals surface area contributed by atoms with Crippen molar-refractivity contribution in [1.82, 2.24) is 0 Å². The highest BCUT2D eigenvalue weighted by Gasteiger charge is 2.22. The lowest BCUT2D eigenvalue weighted by molar-refractivity contribution is -0.107. The van der Waals surface area contributed by atoms with Crippen molar-refractivity contribution in [3.63, 3.8) is 0 Å². The number of hydrogen-bond donors (Lipinski definition) is 0. The van der Waals surface area contributed by atoms with E-state index in [0.29, 0.717) is 12.0 Å². The third kappa shape index (κ3) is 4.03. The predicted molar refractivity (Wildman–Crippen MR) is 58.2 cm³/mol. The highest BCUT2D eigenvalue weighted by atomic mass is 35.5. The number of carbonyl (C=O) groups is 1. The number of thioether (sulfide) groups is 1. The van der Waals surface area contributed by atoms with Crippen LogP contribution in [0.25, 0.3) is 0 Å². The number of rotatable bonds is 4. The molecule has 0 atom stereocenters.